The van der Waals surface area contributed by atoms with E-state index in [4.69, 9.17) is 0 Å². The van der Waals surface area contributed by atoms with E-state index in [1.165, 1.54) is 4.90 Å². The average Bonchev–Trinajstić information content (AvgIpc) is 2.80. The third kappa shape index (κ3) is 0.780. The number of hydrogen-bond donors (Lipinski definition) is 1. The quantitative estimate of drug-likeness (QED) is 0.626. The number of fused-ring (bicyclic) bond motifs is 1. The molecule has 4 nitrogen and oxygen atoms in total. The molecule has 0 radical (unpaired) electrons. The summed E-state index contributed by atoms with van der Waals surface area (Å²) in [6.07, 6.45) is 3.27. The molecule has 3 aliphatic rings. The largest absolute Gasteiger partial charge is 0.394 e. The number of hydrogen-bond acceptors (Lipinski definition) is 3. The van der Waals surface area contributed by atoms with Crippen LogP contribution in [0.25, 0.3) is 0 Å². The van der Waals surface area contributed by atoms with Crippen LogP contribution in [0.15, 0.2) is 0 Å². The molecule has 76 valence electrons. The van der Waals surface area contributed by atoms with E-state index in [2.05, 4.69) is 0 Å². The normalized spacial score (nSPS) is 38.2. The van der Waals surface area contributed by atoms with Gasteiger partial charge in [-0.3, -0.25) is 14.5 Å². The van der Waals surface area contributed by atoms with E-state index in [-0.39, 0.29) is 30.3 Å². The fourth-order valence-corrected chi connectivity index (χ4v) is 2.60. The smallest absolute Gasteiger partial charge is 0.233 e. The standard InChI is InChI=1S/C10H13NO3/c12-5-10(3-4-10)11-8(13)6-1-2-7(6)9(11)14/h6-7,12H,1-5H2/t6-,7+. The molecule has 0 spiro atoms. The van der Waals surface area contributed by atoms with Gasteiger partial charge in [-0.1, -0.05) is 0 Å². The van der Waals surface area contributed by atoms with Gasteiger partial charge in [-0.25, -0.2) is 0 Å². The molecule has 2 aliphatic carbocycles. The number of amides is 2. The number of likely N-dealkylation sites (tertiary alicyclic amines) is 1. The molecule has 1 aliphatic heterocycles. The van der Waals surface area contributed by atoms with Gasteiger partial charge in [-0.2, -0.15) is 0 Å². The van der Waals surface area contributed by atoms with Gasteiger partial charge >= 0.3 is 0 Å². The lowest BCUT2D eigenvalue weighted by molar-refractivity contribution is -0.144. The summed E-state index contributed by atoms with van der Waals surface area (Å²) in [6, 6.07) is 0. The van der Waals surface area contributed by atoms with Crippen molar-refractivity contribution in [3.8, 4) is 0 Å². The maximum Gasteiger partial charge on any atom is 0.233 e. The van der Waals surface area contributed by atoms with Crippen LogP contribution >= 0.6 is 0 Å². The van der Waals surface area contributed by atoms with Crippen molar-refractivity contribution in [3.05, 3.63) is 0 Å². The van der Waals surface area contributed by atoms with Crippen LogP contribution in [0.1, 0.15) is 25.7 Å². The Kier molecular flexibility index (Phi) is 1.42. The zero-order valence-electron chi connectivity index (χ0n) is 7.90. The topological polar surface area (TPSA) is 57.6 Å². The minimum Gasteiger partial charge on any atom is -0.394 e. The minimum atomic E-state index is -0.495. The van der Waals surface area contributed by atoms with Crippen LogP contribution in [0.2, 0.25) is 0 Å². The Morgan fingerprint density at radius 3 is 2.00 bits per heavy atom. The van der Waals surface area contributed by atoms with E-state index in [9.17, 15) is 14.7 Å². The molecule has 2 atom stereocenters. The molecule has 14 heavy (non-hydrogen) atoms. The van der Waals surface area contributed by atoms with E-state index >= 15 is 0 Å². The Morgan fingerprint density at radius 1 is 1.21 bits per heavy atom. The second-order valence-electron chi connectivity index (χ2n) is 4.68. The molecular formula is C10H13NO3. The first-order valence-electron chi connectivity index (χ1n) is 5.18. The number of carbonyl (C=O) groups excluding carboxylic acids is 2. The van der Waals surface area contributed by atoms with Gasteiger partial charge in [0, 0.05) is 0 Å². The van der Waals surface area contributed by atoms with Crippen LogP contribution in [-0.4, -0.2) is 34.0 Å². The first-order chi connectivity index (χ1) is 6.69. The lowest BCUT2D eigenvalue weighted by Gasteiger charge is -2.24. The molecular weight excluding hydrogens is 182 g/mol. The third-order valence-electron chi connectivity index (χ3n) is 3.95. The second kappa shape index (κ2) is 2.37. The molecule has 3 fully saturated rings. The van der Waals surface area contributed by atoms with E-state index in [0.29, 0.717) is 0 Å². The Hall–Kier alpha value is -0.900. The third-order valence-corrected chi connectivity index (χ3v) is 3.95. The summed E-state index contributed by atoms with van der Waals surface area (Å²) in [6.45, 7) is -0.0656. The SMILES string of the molecule is O=C1[C@H]2CC[C@H]2C(=O)N1C1(CO)CC1. The minimum absolute atomic E-state index is 0.0298. The number of aliphatic hydroxyl groups is 1. The van der Waals surface area contributed by atoms with Crippen molar-refractivity contribution in [2.75, 3.05) is 6.61 Å². The van der Waals surface area contributed by atoms with Crippen molar-refractivity contribution < 1.29 is 14.7 Å². The summed E-state index contributed by atoms with van der Waals surface area (Å²) in [4.78, 5) is 25.0. The number of aliphatic hydroxyl groups excluding tert-OH is 1. The molecule has 1 heterocycles. The predicted octanol–water partition coefficient (Wildman–Crippen LogP) is -0.0937. The molecule has 0 unspecified atom stereocenters. The molecule has 0 aromatic heterocycles. The molecule has 1 saturated heterocycles. The number of carbonyl (C=O) groups is 2. The molecule has 0 bridgehead atoms. The fraction of sp³-hybridized carbons (Fsp3) is 0.800. The van der Waals surface area contributed by atoms with Crippen molar-refractivity contribution in [1.29, 1.82) is 0 Å². The van der Waals surface area contributed by atoms with Gasteiger partial charge < -0.3 is 5.11 Å². The number of nitrogens with zero attached hydrogens (tertiary/aromatic N) is 1. The monoisotopic (exact) mass is 195 g/mol. The van der Waals surface area contributed by atoms with Gasteiger partial charge in [-0.05, 0) is 25.7 Å². The van der Waals surface area contributed by atoms with Gasteiger partial charge in [-0.15, -0.1) is 0 Å². The van der Waals surface area contributed by atoms with Gasteiger partial charge in [0.2, 0.25) is 11.8 Å². The maximum atomic E-state index is 11.8. The molecule has 0 aromatic carbocycles. The van der Waals surface area contributed by atoms with Crippen LogP contribution in [-0.2, 0) is 9.59 Å². The van der Waals surface area contributed by atoms with Crippen molar-refractivity contribution in [2.45, 2.75) is 31.2 Å². The van der Waals surface area contributed by atoms with Crippen LogP contribution in [0.4, 0.5) is 0 Å². The van der Waals surface area contributed by atoms with Gasteiger partial charge in [0.1, 0.15) is 0 Å². The molecule has 2 saturated carbocycles. The van der Waals surface area contributed by atoms with Gasteiger partial charge in [0.15, 0.2) is 0 Å². The zero-order valence-corrected chi connectivity index (χ0v) is 7.90. The Labute approximate surface area is 81.9 Å². The van der Waals surface area contributed by atoms with E-state index in [0.717, 1.165) is 25.7 Å². The molecule has 0 aromatic rings. The summed E-state index contributed by atoms with van der Waals surface area (Å²) in [7, 11) is 0. The first kappa shape index (κ1) is 8.41. The van der Waals surface area contributed by atoms with Gasteiger partial charge in [0.25, 0.3) is 0 Å². The van der Waals surface area contributed by atoms with Crippen molar-refractivity contribution in [1.82, 2.24) is 4.90 Å². The Bertz CT molecular complexity index is 299. The van der Waals surface area contributed by atoms with Crippen molar-refractivity contribution in [2.24, 2.45) is 11.8 Å². The summed E-state index contributed by atoms with van der Waals surface area (Å²) in [5, 5.41) is 9.20. The summed E-state index contributed by atoms with van der Waals surface area (Å²) in [5.41, 5.74) is -0.495. The maximum absolute atomic E-state index is 11.8. The Morgan fingerprint density at radius 2 is 1.71 bits per heavy atom. The zero-order chi connectivity index (χ0) is 9.92. The highest BCUT2D eigenvalue weighted by molar-refractivity contribution is 6.07. The van der Waals surface area contributed by atoms with E-state index in [1.54, 1.807) is 0 Å². The fourth-order valence-electron chi connectivity index (χ4n) is 2.60. The highest BCUT2D eigenvalue weighted by atomic mass is 16.3. The summed E-state index contributed by atoms with van der Waals surface area (Å²) >= 11 is 0. The Balaban J connectivity index is 1.93. The first-order valence-corrected chi connectivity index (χ1v) is 5.18. The molecule has 1 N–H and O–H groups in total. The van der Waals surface area contributed by atoms with Crippen LogP contribution in [0.3, 0.4) is 0 Å². The van der Waals surface area contributed by atoms with Crippen molar-refractivity contribution in [3.63, 3.8) is 0 Å². The number of imide groups is 1. The van der Waals surface area contributed by atoms with Crippen LogP contribution < -0.4 is 0 Å². The summed E-state index contributed by atoms with van der Waals surface area (Å²) < 4.78 is 0. The highest BCUT2D eigenvalue weighted by Crippen LogP contribution is 2.51. The second-order valence-corrected chi connectivity index (χ2v) is 4.68. The summed E-state index contributed by atoms with van der Waals surface area (Å²) in [5.74, 6) is -0.159. The predicted molar refractivity (Wildman–Crippen MR) is 47.1 cm³/mol. The van der Waals surface area contributed by atoms with Crippen LogP contribution in [0.5, 0.6) is 0 Å². The average molecular weight is 195 g/mol. The molecule has 3 rings (SSSR count). The molecule has 2 amide bonds. The van der Waals surface area contributed by atoms with Gasteiger partial charge in [0.05, 0.1) is 24.0 Å². The lowest BCUT2D eigenvalue weighted by atomic mass is 9.76. The van der Waals surface area contributed by atoms with Crippen LogP contribution in [0, 0.1) is 11.8 Å². The van der Waals surface area contributed by atoms with Crippen molar-refractivity contribution >= 4 is 11.8 Å². The lowest BCUT2D eigenvalue weighted by Crippen LogP contribution is -2.44. The van der Waals surface area contributed by atoms with E-state index < -0.39 is 5.54 Å². The molecule has 4 heteroatoms. The number of rotatable bonds is 2. The van der Waals surface area contributed by atoms with E-state index in [1.807, 2.05) is 0 Å². The highest BCUT2D eigenvalue weighted by Gasteiger charge is 2.62.